The van der Waals surface area contributed by atoms with E-state index in [0.717, 1.165) is 56.1 Å². The van der Waals surface area contributed by atoms with Crippen molar-refractivity contribution < 1.29 is 9.90 Å². The van der Waals surface area contributed by atoms with Crippen molar-refractivity contribution >= 4 is 11.9 Å². The predicted octanol–water partition coefficient (Wildman–Crippen LogP) is 5.57. The van der Waals surface area contributed by atoms with E-state index in [4.69, 9.17) is 0 Å². The fourth-order valence-electron chi connectivity index (χ4n) is 7.19. The SMILES string of the molecule is C[C@@]12CC[C@H]3[C@@H](CC=C4C[C@@H](O)CC[C@]43C)[C@H]1C/C(=C\c1ccccc1)C2=O. The maximum absolute atomic E-state index is 13.4. The summed E-state index contributed by atoms with van der Waals surface area (Å²) in [6.07, 6.45) is 11.5. The molecule has 6 atom stereocenters. The maximum Gasteiger partial charge on any atom is 0.165 e. The fraction of sp³-hybridized carbons (Fsp3) is 0.577. The van der Waals surface area contributed by atoms with E-state index in [1.54, 1.807) is 0 Å². The molecule has 3 saturated carbocycles. The van der Waals surface area contributed by atoms with Crippen molar-refractivity contribution in [3.63, 3.8) is 0 Å². The van der Waals surface area contributed by atoms with Crippen LogP contribution in [0.2, 0.25) is 0 Å². The van der Waals surface area contributed by atoms with Gasteiger partial charge in [-0.2, -0.15) is 0 Å². The molecule has 0 aromatic heterocycles. The number of ketones is 1. The molecule has 2 nitrogen and oxygen atoms in total. The molecule has 4 aliphatic carbocycles. The first-order valence-electron chi connectivity index (χ1n) is 11.1. The Morgan fingerprint density at radius 3 is 2.54 bits per heavy atom. The molecule has 0 bridgehead atoms. The molecule has 148 valence electrons. The van der Waals surface area contributed by atoms with Gasteiger partial charge in [-0.25, -0.2) is 0 Å². The summed E-state index contributed by atoms with van der Waals surface area (Å²) in [4.78, 5) is 13.4. The highest BCUT2D eigenvalue weighted by atomic mass is 16.3. The summed E-state index contributed by atoms with van der Waals surface area (Å²) in [7, 11) is 0. The number of fused-ring (bicyclic) bond motifs is 5. The molecule has 4 aliphatic rings. The number of Topliss-reactive ketones (excluding diaryl/α,β-unsaturated/α-hetero) is 1. The van der Waals surface area contributed by atoms with Crippen molar-refractivity contribution in [1.82, 2.24) is 0 Å². The van der Waals surface area contributed by atoms with Crippen LogP contribution >= 0.6 is 0 Å². The zero-order chi connectivity index (χ0) is 19.5. The van der Waals surface area contributed by atoms with Gasteiger partial charge in [-0.05, 0) is 85.3 Å². The lowest BCUT2D eigenvalue weighted by Crippen LogP contribution is -2.50. The minimum Gasteiger partial charge on any atom is -0.393 e. The van der Waals surface area contributed by atoms with Gasteiger partial charge in [0, 0.05) is 5.41 Å². The summed E-state index contributed by atoms with van der Waals surface area (Å²) in [6, 6.07) is 10.3. The predicted molar refractivity (Wildman–Crippen MR) is 113 cm³/mol. The molecule has 1 aromatic carbocycles. The molecular weight excluding hydrogens is 344 g/mol. The van der Waals surface area contributed by atoms with E-state index in [-0.39, 0.29) is 16.9 Å². The number of rotatable bonds is 1. The molecule has 3 fully saturated rings. The molecule has 0 amide bonds. The minimum atomic E-state index is -0.183. The number of benzene rings is 1. The highest BCUT2D eigenvalue weighted by Gasteiger charge is 2.59. The molecule has 1 aromatic rings. The summed E-state index contributed by atoms with van der Waals surface area (Å²) in [5, 5.41) is 10.2. The number of hydrogen-bond donors (Lipinski definition) is 1. The van der Waals surface area contributed by atoms with Crippen molar-refractivity contribution in [1.29, 1.82) is 0 Å². The summed E-state index contributed by atoms with van der Waals surface area (Å²) in [5.74, 6) is 2.14. The van der Waals surface area contributed by atoms with E-state index in [1.165, 1.54) is 5.57 Å². The van der Waals surface area contributed by atoms with Crippen LogP contribution < -0.4 is 0 Å². The van der Waals surface area contributed by atoms with Crippen molar-refractivity contribution in [2.24, 2.45) is 28.6 Å². The fourth-order valence-corrected chi connectivity index (χ4v) is 7.19. The highest BCUT2D eigenvalue weighted by Crippen LogP contribution is 2.64. The van der Waals surface area contributed by atoms with E-state index in [9.17, 15) is 9.90 Å². The molecule has 1 N–H and O–H groups in total. The number of allylic oxidation sites excluding steroid dienone is 2. The lowest BCUT2D eigenvalue weighted by Gasteiger charge is -2.56. The van der Waals surface area contributed by atoms with Crippen LogP contribution in [0.4, 0.5) is 0 Å². The van der Waals surface area contributed by atoms with Crippen LogP contribution in [0, 0.1) is 28.6 Å². The average Bonchev–Trinajstić information content (AvgIpc) is 2.94. The summed E-state index contributed by atoms with van der Waals surface area (Å²) >= 11 is 0. The van der Waals surface area contributed by atoms with Crippen LogP contribution in [-0.2, 0) is 4.79 Å². The van der Waals surface area contributed by atoms with Gasteiger partial charge in [0.1, 0.15) is 0 Å². The van der Waals surface area contributed by atoms with E-state index >= 15 is 0 Å². The first-order valence-corrected chi connectivity index (χ1v) is 11.1. The number of carbonyl (C=O) groups excluding carboxylic acids is 1. The van der Waals surface area contributed by atoms with Crippen molar-refractivity contribution in [3.05, 3.63) is 53.1 Å². The average molecular weight is 377 g/mol. The Morgan fingerprint density at radius 1 is 1.00 bits per heavy atom. The number of aliphatic hydroxyl groups is 1. The number of hydrogen-bond acceptors (Lipinski definition) is 2. The lowest BCUT2D eigenvalue weighted by atomic mass is 9.48. The van der Waals surface area contributed by atoms with Gasteiger partial charge in [0.25, 0.3) is 0 Å². The molecule has 0 radical (unpaired) electrons. The van der Waals surface area contributed by atoms with Crippen LogP contribution in [0.1, 0.15) is 64.4 Å². The Hall–Kier alpha value is -1.67. The first-order chi connectivity index (χ1) is 13.4. The number of aliphatic hydroxyl groups excluding tert-OH is 1. The van der Waals surface area contributed by atoms with Crippen molar-refractivity contribution in [2.45, 2.75) is 64.9 Å². The Balaban J connectivity index is 1.48. The van der Waals surface area contributed by atoms with Gasteiger partial charge in [-0.15, -0.1) is 0 Å². The second kappa shape index (κ2) is 6.42. The second-order valence-corrected chi connectivity index (χ2v) is 10.2. The van der Waals surface area contributed by atoms with Crippen LogP contribution in [0.15, 0.2) is 47.6 Å². The molecule has 0 saturated heterocycles. The molecule has 0 unspecified atom stereocenters. The lowest BCUT2D eigenvalue weighted by molar-refractivity contribution is -0.130. The van der Waals surface area contributed by atoms with Gasteiger partial charge < -0.3 is 5.11 Å². The smallest absolute Gasteiger partial charge is 0.165 e. The molecule has 0 heterocycles. The Labute approximate surface area is 168 Å². The van der Waals surface area contributed by atoms with Crippen LogP contribution in [0.5, 0.6) is 0 Å². The number of carbonyl (C=O) groups is 1. The summed E-state index contributed by atoms with van der Waals surface area (Å²) < 4.78 is 0. The molecule has 0 spiro atoms. The quantitative estimate of drug-likeness (QED) is 0.514. The third-order valence-electron chi connectivity index (χ3n) is 8.86. The maximum atomic E-state index is 13.4. The highest BCUT2D eigenvalue weighted by molar-refractivity contribution is 6.05. The van der Waals surface area contributed by atoms with Crippen molar-refractivity contribution in [2.75, 3.05) is 0 Å². The monoisotopic (exact) mass is 376 g/mol. The Bertz CT molecular complexity index is 850. The zero-order valence-corrected chi connectivity index (χ0v) is 17.2. The van der Waals surface area contributed by atoms with E-state index < -0.39 is 0 Å². The molecular formula is C26H32O2. The normalized spacial score (nSPS) is 43.9. The third-order valence-corrected chi connectivity index (χ3v) is 8.86. The van der Waals surface area contributed by atoms with Crippen LogP contribution in [0.3, 0.4) is 0 Å². The first kappa shape index (κ1) is 18.4. The van der Waals surface area contributed by atoms with E-state index in [1.807, 2.05) is 18.2 Å². The molecule has 0 aliphatic heterocycles. The van der Waals surface area contributed by atoms with Gasteiger partial charge in [0.2, 0.25) is 0 Å². The largest absolute Gasteiger partial charge is 0.393 e. The van der Waals surface area contributed by atoms with Crippen LogP contribution in [-0.4, -0.2) is 17.0 Å². The van der Waals surface area contributed by atoms with E-state index in [2.05, 4.69) is 38.1 Å². The van der Waals surface area contributed by atoms with Crippen LogP contribution in [0.25, 0.3) is 6.08 Å². The Kier molecular flexibility index (Phi) is 4.21. The van der Waals surface area contributed by atoms with Gasteiger partial charge in [0.05, 0.1) is 6.10 Å². The topological polar surface area (TPSA) is 37.3 Å². The standard InChI is InChI=1S/C26H32O2/c1-25-12-10-20(27)16-19(25)8-9-21-22(25)11-13-26(2)23(21)15-18(24(26)28)14-17-6-4-3-5-7-17/h3-8,14,20-23,27H,9-13,15-16H2,1-2H3/b18-14+/t20-,21+,22-,23+,25+,26+/m0/s1. The van der Waals surface area contributed by atoms with Gasteiger partial charge in [0.15, 0.2) is 5.78 Å². The summed E-state index contributed by atoms with van der Waals surface area (Å²) in [6.45, 7) is 4.69. The van der Waals surface area contributed by atoms with Gasteiger partial charge in [-0.3, -0.25) is 4.79 Å². The summed E-state index contributed by atoms with van der Waals surface area (Å²) in [5.41, 5.74) is 3.73. The Morgan fingerprint density at radius 2 is 1.75 bits per heavy atom. The zero-order valence-electron chi connectivity index (χ0n) is 17.2. The van der Waals surface area contributed by atoms with Crippen molar-refractivity contribution in [3.8, 4) is 0 Å². The minimum absolute atomic E-state index is 0.154. The van der Waals surface area contributed by atoms with E-state index in [0.29, 0.717) is 23.5 Å². The van der Waals surface area contributed by atoms with Gasteiger partial charge in [-0.1, -0.05) is 55.8 Å². The molecule has 5 rings (SSSR count). The third kappa shape index (κ3) is 2.60. The molecule has 2 heteroatoms. The molecule has 28 heavy (non-hydrogen) atoms. The van der Waals surface area contributed by atoms with Gasteiger partial charge >= 0.3 is 0 Å². The second-order valence-electron chi connectivity index (χ2n) is 10.2.